The van der Waals surface area contributed by atoms with E-state index in [4.69, 9.17) is 9.47 Å². The van der Waals surface area contributed by atoms with E-state index in [0.717, 1.165) is 25.9 Å². The molecule has 0 saturated carbocycles. The number of carbonyl (C=O) groups is 1. The van der Waals surface area contributed by atoms with E-state index in [2.05, 4.69) is 5.32 Å². The number of aromatic nitrogens is 1. The molecule has 0 unspecified atom stereocenters. The molecule has 1 aromatic rings. The van der Waals surface area contributed by atoms with Crippen molar-refractivity contribution < 1.29 is 14.3 Å². The second-order valence-corrected chi connectivity index (χ2v) is 6.16. The third-order valence-corrected chi connectivity index (χ3v) is 4.58. The first-order valence-corrected chi connectivity index (χ1v) is 8.66. The van der Waals surface area contributed by atoms with Gasteiger partial charge in [-0.15, -0.1) is 0 Å². The highest BCUT2D eigenvalue weighted by atomic mass is 16.5. The Balaban J connectivity index is 1.55. The fourth-order valence-electron chi connectivity index (χ4n) is 3.19. The Bertz CT molecular complexity index is 604. The zero-order valence-electron chi connectivity index (χ0n) is 13.9. The summed E-state index contributed by atoms with van der Waals surface area (Å²) in [4.78, 5) is 26.4. The maximum atomic E-state index is 12.6. The summed E-state index contributed by atoms with van der Waals surface area (Å²) < 4.78 is 12.6. The topological polar surface area (TPSA) is 72.8 Å². The molecule has 2 aliphatic rings. The molecule has 7 heteroatoms. The van der Waals surface area contributed by atoms with Crippen molar-refractivity contribution in [1.29, 1.82) is 0 Å². The zero-order valence-corrected chi connectivity index (χ0v) is 13.9. The van der Waals surface area contributed by atoms with Crippen LogP contribution in [0.15, 0.2) is 23.1 Å². The summed E-state index contributed by atoms with van der Waals surface area (Å²) in [6, 6.07) is 3.74. The molecule has 0 bridgehead atoms. The first-order valence-electron chi connectivity index (χ1n) is 8.66. The van der Waals surface area contributed by atoms with E-state index in [1.165, 1.54) is 0 Å². The molecular weight excluding hydrogens is 310 g/mol. The van der Waals surface area contributed by atoms with Crippen LogP contribution in [0.25, 0.3) is 0 Å². The highest BCUT2D eigenvalue weighted by molar-refractivity contribution is 5.76. The molecule has 2 fully saturated rings. The van der Waals surface area contributed by atoms with Gasteiger partial charge in [0.05, 0.1) is 26.2 Å². The molecule has 7 nitrogen and oxygen atoms in total. The van der Waals surface area contributed by atoms with Crippen molar-refractivity contribution in [1.82, 2.24) is 14.8 Å². The molecule has 3 rings (SSSR count). The van der Waals surface area contributed by atoms with Crippen LogP contribution < -0.4 is 15.6 Å². The lowest BCUT2D eigenvalue weighted by atomic mass is 10.1. The average molecular weight is 335 g/mol. The lowest BCUT2D eigenvalue weighted by Gasteiger charge is -2.27. The van der Waals surface area contributed by atoms with Gasteiger partial charge in [0.15, 0.2) is 5.75 Å². The smallest absolute Gasteiger partial charge is 0.293 e. The second-order valence-electron chi connectivity index (χ2n) is 6.16. The number of piperidine rings is 1. The monoisotopic (exact) mass is 335 g/mol. The Labute approximate surface area is 141 Å². The lowest BCUT2D eigenvalue weighted by molar-refractivity contribution is -0.135. The predicted molar refractivity (Wildman–Crippen MR) is 89.4 cm³/mol. The summed E-state index contributed by atoms with van der Waals surface area (Å²) in [5, 5.41) is 3.30. The quantitative estimate of drug-likeness (QED) is 0.843. The van der Waals surface area contributed by atoms with Gasteiger partial charge in [0.2, 0.25) is 5.91 Å². The number of pyridine rings is 1. The van der Waals surface area contributed by atoms with Gasteiger partial charge in [0, 0.05) is 25.3 Å². The van der Waals surface area contributed by atoms with Crippen molar-refractivity contribution in [2.24, 2.45) is 0 Å². The summed E-state index contributed by atoms with van der Waals surface area (Å²) in [6.45, 7) is 4.52. The standard InChI is InChI=1S/C17H25N3O4/c21-16(19-9-12-23-13-10-19)5-11-24-15-2-1-8-20(17(15)22)14-3-6-18-7-4-14/h1-2,8,14,18H,3-7,9-13H2. The molecule has 1 amide bonds. The normalized spacial score (nSPS) is 19.2. The molecule has 1 aromatic heterocycles. The molecule has 2 saturated heterocycles. The van der Waals surface area contributed by atoms with E-state index in [1.807, 2.05) is 12.3 Å². The van der Waals surface area contributed by atoms with Gasteiger partial charge in [0.1, 0.15) is 0 Å². The van der Waals surface area contributed by atoms with Gasteiger partial charge < -0.3 is 24.3 Å². The highest BCUT2D eigenvalue weighted by Crippen LogP contribution is 2.17. The second kappa shape index (κ2) is 8.30. The molecule has 0 spiro atoms. The third kappa shape index (κ3) is 4.15. The third-order valence-electron chi connectivity index (χ3n) is 4.58. The van der Waals surface area contributed by atoms with Crippen LogP contribution in [0, 0.1) is 0 Å². The molecule has 0 aromatic carbocycles. The molecule has 3 heterocycles. The van der Waals surface area contributed by atoms with Crippen molar-refractivity contribution >= 4 is 5.91 Å². The number of carbonyl (C=O) groups excluding carboxylic acids is 1. The van der Waals surface area contributed by atoms with E-state index >= 15 is 0 Å². The van der Waals surface area contributed by atoms with Crippen LogP contribution in [0.2, 0.25) is 0 Å². The molecule has 0 aliphatic carbocycles. The number of nitrogens with one attached hydrogen (secondary N) is 1. The maximum Gasteiger partial charge on any atom is 0.293 e. The molecule has 132 valence electrons. The Hall–Kier alpha value is -1.86. The van der Waals surface area contributed by atoms with Crippen LogP contribution in [0.1, 0.15) is 25.3 Å². The van der Waals surface area contributed by atoms with E-state index in [0.29, 0.717) is 32.1 Å². The number of rotatable bonds is 5. The van der Waals surface area contributed by atoms with E-state index in [9.17, 15) is 9.59 Å². The molecule has 2 aliphatic heterocycles. The summed E-state index contributed by atoms with van der Waals surface area (Å²) in [5.74, 6) is 0.374. The SMILES string of the molecule is O=C(CCOc1cccn(C2CCNCC2)c1=O)N1CCOCC1. The number of morpholine rings is 1. The largest absolute Gasteiger partial charge is 0.487 e. The van der Waals surface area contributed by atoms with Crippen LogP contribution in [0.3, 0.4) is 0 Å². The van der Waals surface area contributed by atoms with E-state index in [-0.39, 0.29) is 30.5 Å². The number of hydrogen-bond acceptors (Lipinski definition) is 5. The van der Waals surface area contributed by atoms with Gasteiger partial charge in [-0.3, -0.25) is 9.59 Å². The fourth-order valence-corrected chi connectivity index (χ4v) is 3.19. The molecule has 1 N–H and O–H groups in total. The number of amides is 1. The highest BCUT2D eigenvalue weighted by Gasteiger charge is 2.19. The van der Waals surface area contributed by atoms with Crippen LogP contribution in [0.4, 0.5) is 0 Å². The maximum absolute atomic E-state index is 12.6. The van der Waals surface area contributed by atoms with Crippen molar-refractivity contribution in [2.75, 3.05) is 46.0 Å². The van der Waals surface area contributed by atoms with Gasteiger partial charge >= 0.3 is 0 Å². The van der Waals surface area contributed by atoms with Crippen LogP contribution >= 0.6 is 0 Å². The van der Waals surface area contributed by atoms with Gasteiger partial charge in [0.25, 0.3) is 5.56 Å². The molecule has 0 atom stereocenters. The Morgan fingerprint density at radius 3 is 2.79 bits per heavy atom. The van der Waals surface area contributed by atoms with Crippen molar-refractivity contribution in [2.45, 2.75) is 25.3 Å². The van der Waals surface area contributed by atoms with Gasteiger partial charge in [-0.1, -0.05) is 0 Å². The first-order chi connectivity index (χ1) is 11.8. The first kappa shape index (κ1) is 17.0. The van der Waals surface area contributed by atoms with Gasteiger partial charge in [-0.25, -0.2) is 0 Å². The number of ether oxygens (including phenoxy) is 2. The molecule has 24 heavy (non-hydrogen) atoms. The lowest BCUT2D eigenvalue weighted by Crippen LogP contribution is -2.41. The molecule has 0 radical (unpaired) electrons. The van der Waals surface area contributed by atoms with E-state index in [1.54, 1.807) is 15.5 Å². The summed E-state index contributed by atoms with van der Waals surface area (Å²) >= 11 is 0. The minimum absolute atomic E-state index is 0.0490. The summed E-state index contributed by atoms with van der Waals surface area (Å²) in [7, 11) is 0. The summed E-state index contributed by atoms with van der Waals surface area (Å²) in [6.07, 6.45) is 3.99. The number of hydrogen-bond donors (Lipinski definition) is 1. The van der Waals surface area contributed by atoms with Crippen molar-refractivity contribution in [3.8, 4) is 5.75 Å². The van der Waals surface area contributed by atoms with Crippen LogP contribution in [-0.2, 0) is 9.53 Å². The zero-order chi connectivity index (χ0) is 16.8. The average Bonchev–Trinajstić information content (AvgIpc) is 2.64. The Morgan fingerprint density at radius 1 is 1.29 bits per heavy atom. The number of nitrogens with zero attached hydrogens (tertiary/aromatic N) is 2. The fraction of sp³-hybridized carbons (Fsp3) is 0.647. The minimum Gasteiger partial charge on any atom is -0.487 e. The summed E-state index contributed by atoms with van der Waals surface area (Å²) in [5.41, 5.74) is -0.108. The van der Waals surface area contributed by atoms with E-state index < -0.39 is 0 Å². The Kier molecular flexibility index (Phi) is 5.87. The minimum atomic E-state index is -0.108. The predicted octanol–water partition coefficient (Wildman–Crippen LogP) is 0.401. The van der Waals surface area contributed by atoms with Crippen LogP contribution in [-0.4, -0.2) is 61.4 Å². The van der Waals surface area contributed by atoms with Gasteiger partial charge in [-0.2, -0.15) is 0 Å². The van der Waals surface area contributed by atoms with Crippen molar-refractivity contribution in [3.63, 3.8) is 0 Å². The van der Waals surface area contributed by atoms with Crippen LogP contribution in [0.5, 0.6) is 5.75 Å². The van der Waals surface area contributed by atoms with Gasteiger partial charge in [-0.05, 0) is 38.1 Å². The van der Waals surface area contributed by atoms with Crippen molar-refractivity contribution in [3.05, 3.63) is 28.7 Å². The molecular formula is C17H25N3O4. The Morgan fingerprint density at radius 2 is 2.04 bits per heavy atom.